The van der Waals surface area contributed by atoms with Crippen LogP contribution >= 0.6 is 0 Å². The number of phenols is 2. The fraction of sp³-hybridized carbons (Fsp3) is 0.250. The van der Waals surface area contributed by atoms with Crippen molar-refractivity contribution in [2.75, 3.05) is 6.56 Å². The summed E-state index contributed by atoms with van der Waals surface area (Å²) in [4.78, 5) is 0. The van der Waals surface area contributed by atoms with Crippen LogP contribution in [0.3, 0.4) is 0 Å². The monoisotopic (exact) mass is 158 g/mol. The van der Waals surface area contributed by atoms with Gasteiger partial charge in [0.15, 0.2) is 11.5 Å². The molecule has 0 aliphatic heterocycles. The van der Waals surface area contributed by atoms with E-state index in [0.29, 0.717) is 0 Å². The number of hydrogen-bond acceptors (Lipinski definition) is 3. The molecule has 0 bridgehead atoms. The van der Waals surface area contributed by atoms with Crippen LogP contribution in [0.5, 0.6) is 11.5 Å². The Morgan fingerprint density at radius 2 is 2.00 bits per heavy atom. The first-order valence-corrected chi connectivity index (χ1v) is 2.91. The Hall–Kier alpha value is -1.22. The summed E-state index contributed by atoms with van der Waals surface area (Å²) in [6, 6.07) is 2.97. The van der Waals surface area contributed by atoms with Crippen LogP contribution in [-0.2, 0) is 6.37 Å². The molecule has 60 valence electrons. The van der Waals surface area contributed by atoms with Gasteiger partial charge in [-0.05, 0) is 24.1 Å². The van der Waals surface area contributed by atoms with Gasteiger partial charge in [0.05, 0.1) is 2.74 Å². The number of rotatable bonds is 2. The van der Waals surface area contributed by atoms with Crippen molar-refractivity contribution in [3.63, 3.8) is 0 Å². The van der Waals surface area contributed by atoms with E-state index in [4.69, 9.17) is 20.8 Å². The van der Waals surface area contributed by atoms with Crippen LogP contribution in [-0.4, -0.2) is 21.9 Å². The quantitative estimate of drug-likeness (QED) is 0.553. The third-order valence-electron chi connectivity index (χ3n) is 1.18. The predicted octanol–water partition coefficient (Wildman–Crippen LogP) is 0.633. The van der Waals surface area contributed by atoms with Gasteiger partial charge in [0.2, 0.25) is 0 Å². The summed E-state index contributed by atoms with van der Waals surface area (Å²) < 4.78 is 28.5. The number of hydrogen-bond donors (Lipinski definition) is 3. The molecule has 0 fully saturated rings. The van der Waals surface area contributed by atoms with Gasteiger partial charge < -0.3 is 15.3 Å². The molecule has 0 atom stereocenters. The van der Waals surface area contributed by atoms with Gasteiger partial charge in [0.25, 0.3) is 0 Å². The first-order valence-electron chi connectivity index (χ1n) is 4.91. The van der Waals surface area contributed by atoms with E-state index in [1.54, 1.807) is 0 Å². The molecular formula is C8H10O3. The van der Waals surface area contributed by atoms with Crippen LogP contribution in [0, 0.1) is 0 Å². The van der Waals surface area contributed by atoms with E-state index in [-0.39, 0.29) is 5.56 Å². The lowest BCUT2D eigenvalue weighted by molar-refractivity contribution is 0.299. The number of phenolic OH excluding ortho intramolecular Hbond substituents is 2. The van der Waals surface area contributed by atoms with Crippen LogP contribution in [0.25, 0.3) is 0 Å². The van der Waals surface area contributed by atoms with Crippen LogP contribution in [0.15, 0.2) is 18.2 Å². The van der Waals surface area contributed by atoms with Gasteiger partial charge in [-0.25, -0.2) is 0 Å². The highest BCUT2D eigenvalue weighted by molar-refractivity contribution is 5.40. The molecule has 0 saturated carbocycles. The van der Waals surface area contributed by atoms with Gasteiger partial charge in [-0.3, -0.25) is 0 Å². The highest BCUT2D eigenvalue weighted by Gasteiger charge is 1.98. The Balaban J connectivity index is 3.22. The molecule has 3 heteroatoms. The molecule has 3 N–H and O–H groups in total. The molecule has 0 amide bonds. The van der Waals surface area contributed by atoms with Crippen molar-refractivity contribution >= 4 is 0 Å². The lowest BCUT2D eigenvalue weighted by Crippen LogP contribution is -1.89. The van der Waals surface area contributed by atoms with E-state index in [2.05, 4.69) is 0 Å². The maximum Gasteiger partial charge on any atom is 0.157 e. The molecule has 3 nitrogen and oxygen atoms in total. The average molecular weight is 158 g/mol. The minimum Gasteiger partial charge on any atom is -0.504 e. The molecule has 0 spiro atoms. The molecular weight excluding hydrogens is 144 g/mol. The van der Waals surface area contributed by atoms with Gasteiger partial charge in [-0.15, -0.1) is 0 Å². The molecule has 0 saturated heterocycles. The lowest BCUT2D eigenvalue weighted by atomic mass is 10.1. The van der Waals surface area contributed by atoms with Gasteiger partial charge >= 0.3 is 0 Å². The van der Waals surface area contributed by atoms with Crippen LogP contribution < -0.4 is 0 Å². The maximum atomic E-state index is 9.11. The average Bonchev–Trinajstić information content (AvgIpc) is 2.07. The topological polar surface area (TPSA) is 60.7 Å². The van der Waals surface area contributed by atoms with E-state index in [9.17, 15) is 0 Å². The van der Waals surface area contributed by atoms with Crippen molar-refractivity contribution in [1.82, 2.24) is 0 Å². The molecule has 11 heavy (non-hydrogen) atoms. The Kier molecular flexibility index (Phi) is 1.17. The fourth-order valence-electron chi connectivity index (χ4n) is 0.666. The van der Waals surface area contributed by atoms with Crippen LogP contribution in [0.4, 0.5) is 0 Å². The largest absolute Gasteiger partial charge is 0.504 e. The number of aromatic hydroxyl groups is 2. The molecule has 0 heterocycles. The Morgan fingerprint density at radius 3 is 2.55 bits per heavy atom. The van der Waals surface area contributed by atoms with Crippen molar-refractivity contribution in [3.8, 4) is 11.5 Å². The minimum atomic E-state index is -3.07. The molecule has 0 unspecified atom stereocenters. The third-order valence-corrected chi connectivity index (χ3v) is 1.18. The molecule has 0 aliphatic carbocycles. The zero-order valence-corrected chi connectivity index (χ0v) is 5.57. The normalized spacial score (nSPS) is 17.9. The number of benzene rings is 1. The van der Waals surface area contributed by atoms with E-state index >= 15 is 0 Å². The summed E-state index contributed by atoms with van der Waals surface area (Å²) in [5, 5.41) is 27.1. The van der Waals surface area contributed by atoms with E-state index in [1.807, 2.05) is 0 Å². The highest BCUT2D eigenvalue weighted by Crippen LogP contribution is 2.24. The van der Waals surface area contributed by atoms with Crippen LogP contribution in [0.2, 0.25) is 0 Å². The molecule has 1 aromatic rings. The van der Waals surface area contributed by atoms with Crippen molar-refractivity contribution in [2.45, 2.75) is 6.37 Å². The summed E-state index contributed by atoms with van der Waals surface area (Å²) in [6.45, 7) is -3.07. The van der Waals surface area contributed by atoms with Gasteiger partial charge in [0, 0.05) is 9.30 Å². The van der Waals surface area contributed by atoms with Crippen molar-refractivity contribution in [3.05, 3.63) is 23.8 Å². The molecule has 1 rings (SSSR count). The Labute approximate surface area is 70.2 Å². The Morgan fingerprint density at radius 1 is 1.27 bits per heavy atom. The first-order chi connectivity index (χ1) is 6.66. The third kappa shape index (κ3) is 1.85. The molecule has 0 radical (unpaired) electrons. The summed E-state index contributed by atoms with van der Waals surface area (Å²) in [6.07, 6.45) is -2.67. The second-order valence-corrected chi connectivity index (χ2v) is 1.94. The molecule has 0 aromatic heterocycles. The molecule has 1 aromatic carbocycles. The fourth-order valence-corrected chi connectivity index (χ4v) is 0.666. The lowest BCUT2D eigenvalue weighted by Gasteiger charge is -2.00. The minimum absolute atomic E-state index is 0.259. The van der Waals surface area contributed by atoms with E-state index in [0.717, 1.165) is 18.2 Å². The van der Waals surface area contributed by atoms with Gasteiger partial charge in [0.1, 0.15) is 0 Å². The second kappa shape index (κ2) is 3.25. The smallest absolute Gasteiger partial charge is 0.157 e. The Bertz CT molecular complexity index is 373. The number of aliphatic hydroxyl groups is 1. The molecule has 0 aliphatic rings. The SMILES string of the molecule is [2H]C([2H])(O)C([2H])([2H])c1ccc(O)c(O)c1. The van der Waals surface area contributed by atoms with E-state index < -0.39 is 24.4 Å². The van der Waals surface area contributed by atoms with Crippen molar-refractivity contribution in [2.24, 2.45) is 0 Å². The summed E-state index contributed by atoms with van der Waals surface area (Å²) >= 11 is 0. The summed E-state index contributed by atoms with van der Waals surface area (Å²) in [5.74, 6) is -1.01. The van der Waals surface area contributed by atoms with Crippen molar-refractivity contribution < 1.29 is 20.8 Å². The van der Waals surface area contributed by atoms with Gasteiger partial charge in [-0.2, -0.15) is 0 Å². The highest BCUT2D eigenvalue weighted by atomic mass is 16.3. The summed E-state index contributed by atoms with van der Waals surface area (Å²) in [7, 11) is 0. The van der Waals surface area contributed by atoms with Crippen molar-refractivity contribution in [1.29, 1.82) is 0 Å². The van der Waals surface area contributed by atoms with Crippen LogP contribution in [0.1, 0.15) is 11.0 Å². The predicted molar refractivity (Wildman–Crippen MR) is 40.6 cm³/mol. The first kappa shape index (κ1) is 3.97. The zero-order valence-electron chi connectivity index (χ0n) is 9.57. The maximum absolute atomic E-state index is 9.11. The van der Waals surface area contributed by atoms with E-state index in [1.165, 1.54) is 0 Å². The second-order valence-electron chi connectivity index (χ2n) is 1.94. The number of aryl methyl sites for hydroxylation is 1. The summed E-state index contributed by atoms with van der Waals surface area (Å²) in [5.41, 5.74) is -0.259. The van der Waals surface area contributed by atoms with Gasteiger partial charge in [-0.1, -0.05) is 6.07 Å². The standard InChI is InChI=1S/C8H10O3/c9-4-3-6-1-2-7(10)8(11)5-6/h1-2,5,9-11H,3-4H2/i3D2,4D2. The zero-order chi connectivity index (χ0) is 11.9.